The molecule has 3 nitrogen and oxygen atoms in total. The summed E-state index contributed by atoms with van der Waals surface area (Å²) in [5, 5.41) is 0.859. The van der Waals surface area contributed by atoms with Gasteiger partial charge in [0.15, 0.2) is 17.9 Å². The van der Waals surface area contributed by atoms with Gasteiger partial charge in [-0.3, -0.25) is 4.79 Å². The molecule has 1 heterocycles. The monoisotopic (exact) mass is 311 g/mol. The van der Waals surface area contributed by atoms with Gasteiger partial charge in [-0.05, 0) is 41.8 Å². The van der Waals surface area contributed by atoms with Crippen molar-refractivity contribution in [2.24, 2.45) is 0 Å². The number of aromatic nitrogens is 1. The maximum Gasteiger partial charge on any atom is 0.165 e. The van der Waals surface area contributed by atoms with E-state index in [4.69, 9.17) is 4.74 Å². The molecule has 0 spiro atoms. The molecule has 0 unspecified atom stereocenters. The summed E-state index contributed by atoms with van der Waals surface area (Å²) in [4.78, 5) is 14.8. The van der Waals surface area contributed by atoms with Crippen molar-refractivity contribution in [2.75, 3.05) is 7.11 Å². The average molecular weight is 311 g/mol. The van der Waals surface area contributed by atoms with Gasteiger partial charge in [-0.25, -0.2) is 4.39 Å². The van der Waals surface area contributed by atoms with E-state index in [1.165, 1.54) is 13.2 Å². The molecular formula is C19H18FNO2. The van der Waals surface area contributed by atoms with E-state index in [-0.39, 0.29) is 5.75 Å². The number of hydrogen-bond acceptors (Lipinski definition) is 2. The van der Waals surface area contributed by atoms with Crippen molar-refractivity contribution in [3.05, 3.63) is 53.3 Å². The van der Waals surface area contributed by atoms with Crippen molar-refractivity contribution in [3.63, 3.8) is 0 Å². The third kappa shape index (κ3) is 2.61. The van der Waals surface area contributed by atoms with Crippen LogP contribution in [0.3, 0.4) is 0 Å². The zero-order valence-corrected chi connectivity index (χ0v) is 13.3. The van der Waals surface area contributed by atoms with E-state index < -0.39 is 5.82 Å². The lowest BCUT2D eigenvalue weighted by Gasteiger charge is -2.05. The van der Waals surface area contributed by atoms with Gasteiger partial charge in [0.05, 0.1) is 12.8 Å². The second-order valence-electron chi connectivity index (χ2n) is 5.84. The van der Waals surface area contributed by atoms with E-state index in [1.807, 2.05) is 18.2 Å². The van der Waals surface area contributed by atoms with Crippen LogP contribution in [0, 0.1) is 5.82 Å². The number of ether oxygens (including phenoxy) is 1. The maximum atomic E-state index is 14.0. The second kappa shape index (κ2) is 5.88. The summed E-state index contributed by atoms with van der Waals surface area (Å²) in [6.45, 7) is 4.21. The first-order valence-corrected chi connectivity index (χ1v) is 7.50. The number of fused-ring (bicyclic) bond motifs is 1. The van der Waals surface area contributed by atoms with Crippen LogP contribution in [0.5, 0.6) is 5.75 Å². The highest BCUT2D eigenvalue weighted by atomic mass is 19.1. The van der Waals surface area contributed by atoms with Gasteiger partial charge in [-0.15, -0.1) is 0 Å². The minimum Gasteiger partial charge on any atom is -0.494 e. The highest BCUT2D eigenvalue weighted by Gasteiger charge is 2.15. The van der Waals surface area contributed by atoms with E-state index in [9.17, 15) is 9.18 Å². The number of benzene rings is 2. The first-order valence-electron chi connectivity index (χ1n) is 7.50. The molecule has 0 aliphatic carbocycles. The van der Waals surface area contributed by atoms with Crippen molar-refractivity contribution in [1.82, 2.24) is 4.98 Å². The molecular weight excluding hydrogens is 293 g/mol. The molecule has 3 aromatic rings. The quantitative estimate of drug-likeness (QED) is 0.695. The Labute approximate surface area is 134 Å². The van der Waals surface area contributed by atoms with Gasteiger partial charge in [0.1, 0.15) is 0 Å². The van der Waals surface area contributed by atoms with Crippen LogP contribution in [-0.4, -0.2) is 18.4 Å². The van der Waals surface area contributed by atoms with Crippen LogP contribution in [0.1, 0.15) is 35.7 Å². The molecule has 0 saturated carbocycles. The highest BCUT2D eigenvalue weighted by Crippen LogP contribution is 2.33. The fourth-order valence-electron chi connectivity index (χ4n) is 2.76. The number of carbonyl (C=O) groups is 1. The lowest BCUT2D eigenvalue weighted by atomic mass is 9.99. The van der Waals surface area contributed by atoms with Crippen LogP contribution in [0.2, 0.25) is 0 Å². The second-order valence-corrected chi connectivity index (χ2v) is 5.84. The first-order chi connectivity index (χ1) is 11.0. The summed E-state index contributed by atoms with van der Waals surface area (Å²) >= 11 is 0. The van der Waals surface area contributed by atoms with Crippen molar-refractivity contribution < 1.29 is 13.9 Å². The van der Waals surface area contributed by atoms with E-state index in [0.717, 1.165) is 22.8 Å². The molecule has 0 fully saturated rings. The Balaban J connectivity index is 2.21. The van der Waals surface area contributed by atoms with Crippen LogP contribution in [0.25, 0.3) is 22.2 Å². The van der Waals surface area contributed by atoms with Gasteiger partial charge < -0.3 is 9.72 Å². The average Bonchev–Trinajstić information content (AvgIpc) is 2.92. The van der Waals surface area contributed by atoms with E-state index >= 15 is 0 Å². The summed E-state index contributed by atoms with van der Waals surface area (Å²) in [7, 11) is 1.42. The predicted molar refractivity (Wildman–Crippen MR) is 89.7 cm³/mol. The molecule has 3 rings (SSSR count). The van der Waals surface area contributed by atoms with E-state index in [0.29, 0.717) is 22.7 Å². The lowest BCUT2D eigenvalue weighted by Crippen LogP contribution is -1.90. The van der Waals surface area contributed by atoms with Gasteiger partial charge in [0.2, 0.25) is 0 Å². The number of H-pyrrole nitrogens is 1. The summed E-state index contributed by atoms with van der Waals surface area (Å²) in [6.07, 6.45) is 0.820. The topological polar surface area (TPSA) is 42.1 Å². The number of aromatic amines is 1. The molecule has 0 aliphatic rings. The highest BCUT2D eigenvalue weighted by molar-refractivity contribution is 6.04. The third-order valence-corrected chi connectivity index (χ3v) is 4.09. The fraction of sp³-hybridized carbons (Fsp3) is 0.211. The van der Waals surface area contributed by atoms with Crippen LogP contribution in [0.15, 0.2) is 36.4 Å². The van der Waals surface area contributed by atoms with Gasteiger partial charge >= 0.3 is 0 Å². The van der Waals surface area contributed by atoms with E-state index in [1.54, 1.807) is 12.1 Å². The third-order valence-electron chi connectivity index (χ3n) is 4.09. The number of carbonyl (C=O) groups excluding carboxylic acids is 1. The summed E-state index contributed by atoms with van der Waals surface area (Å²) < 4.78 is 18.9. The number of hydrogen-bond donors (Lipinski definition) is 1. The zero-order valence-electron chi connectivity index (χ0n) is 13.3. The Bertz CT molecular complexity index is 880. The van der Waals surface area contributed by atoms with Crippen molar-refractivity contribution >= 4 is 17.2 Å². The number of rotatable bonds is 4. The first kappa shape index (κ1) is 15.3. The Morgan fingerprint density at radius 1 is 1.17 bits per heavy atom. The fourth-order valence-corrected chi connectivity index (χ4v) is 2.76. The predicted octanol–water partition coefficient (Wildman–Crippen LogP) is 4.92. The number of methoxy groups -OCH3 is 1. The standard InChI is InChI=1S/C19H18FNO2/c1-11(2)12-4-6-17-14(8-12)15(10-22)19(21-17)13-5-7-18(23-3)16(20)9-13/h4-11,21H,1-3H3. The van der Waals surface area contributed by atoms with Gasteiger partial charge in [0, 0.05) is 22.0 Å². The molecule has 0 aliphatic heterocycles. The van der Waals surface area contributed by atoms with Gasteiger partial charge in [0.25, 0.3) is 0 Å². The molecule has 4 heteroatoms. The molecule has 23 heavy (non-hydrogen) atoms. The molecule has 2 aromatic carbocycles. The van der Waals surface area contributed by atoms with Crippen molar-refractivity contribution in [1.29, 1.82) is 0 Å². The molecule has 118 valence electrons. The largest absolute Gasteiger partial charge is 0.494 e. The lowest BCUT2D eigenvalue weighted by molar-refractivity contribution is 0.112. The zero-order chi connectivity index (χ0) is 16.6. The maximum absolute atomic E-state index is 14.0. The summed E-state index contributed by atoms with van der Waals surface area (Å²) in [5.74, 6) is 0.0960. The molecule has 0 bridgehead atoms. The number of aldehydes is 1. The summed E-state index contributed by atoms with van der Waals surface area (Å²) in [6, 6.07) is 10.7. The molecule has 1 N–H and O–H groups in total. The molecule has 0 atom stereocenters. The van der Waals surface area contributed by atoms with Crippen molar-refractivity contribution in [2.45, 2.75) is 19.8 Å². The van der Waals surface area contributed by atoms with Gasteiger partial charge in [-0.1, -0.05) is 19.9 Å². The Morgan fingerprint density at radius 3 is 2.57 bits per heavy atom. The molecule has 1 aromatic heterocycles. The SMILES string of the molecule is COc1ccc(-c2[nH]c3ccc(C(C)C)cc3c2C=O)cc1F. The normalized spacial score (nSPS) is 11.2. The van der Waals surface area contributed by atoms with Crippen molar-refractivity contribution in [3.8, 4) is 17.0 Å². The van der Waals surface area contributed by atoms with Crippen LogP contribution in [0.4, 0.5) is 4.39 Å². The minimum absolute atomic E-state index is 0.180. The number of halogens is 1. The van der Waals surface area contributed by atoms with Crippen LogP contribution >= 0.6 is 0 Å². The Kier molecular flexibility index (Phi) is 3.90. The van der Waals surface area contributed by atoms with Crippen LogP contribution < -0.4 is 4.74 Å². The van der Waals surface area contributed by atoms with Crippen LogP contribution in [-0.2, 0) is 0 Å². The van der Waals surface area contributed by atoms with Gasteiger partial charge in [-0.2, -0.15) is 0 Å². The molecule has 0 radical (unpaired) electrons. The Morgan fingerprint density at radius 2 is 1.96 bits per heavy atom. The minimum atomic E-state index is -0.455. The summed E-state index contributed by atoms with van der Waals surface area (Å²) in [5.41, 5.74) is 3.81. The molecule has 0 saturated heterocycles. The van der Waals surface area contributed by atoms with E-state index in [2.05, 4.69) is 18.8 Å². The molecule has 0 amide bonds. The smallest absolute Gasteiger partial charge is 0.165 e. The number of nitrogens with one attached hydrogen (secondary N) is 1. The Hall–Kier alpha value is -2.62.